The third-order valence-electron chi connectivity index (χ3n) is 3.83. The van der Waals surface area contributed by atoms with Gasteiger partial charge in [0.1, 0.15) is 0 Å². The summed E-state index contributed by atoms with van der Waals surface area (Å²) in [6.45, 7) is 0.974. The molecule has 0 aliphatic carbocycles. The summed E-state index contributed by atoms with van der Waals surface area (Å²) in [5.74, 6) is 1.59. The van der Waals surface area contributed by atoms with Gasteiger partial charge in [0.25, 0.3) is 0 Å². The van der Waals surface area contributed by atoms with Gasteiger partial charge in [-0.05, 0) is 35.2 Å². The Labute approximate surface area is 119 Å². The second kappa shape index (κ2) is 5.55. The molecule has 0 unspecified atom stereocenters. The van der Waals surface area contributed by atoms with Crippen molar-refractivity contribution in [2.24, 2.45) is 0 Å². The van der Waals surface area contributed by atoms with Crippen LogP contribution in [0.4, 0.5) is 0 Å². The van der Waals surface area contributed by atoms with Crippen LogP contribution in [0.2, 0.25) is 0 Å². The monoisotopic (exact) mass is 269 g/mol. The molecule has 3 nitrogen and oxygen atoms in total. The maximum Gasteiger partial charge on any atom is 0.161 e. The van der Waals surface area contributed by atoms with Crippen LogP contribution in [0.15, 0.2) is 42.5 Å². The SMILES string of the molecule is COc1cc2c(cc1OC)[C@@H](c1ccccc1)NCC2. The van der Waals surface area contributed by atoms with Crippen LogP contribution < -0.4 is 14.8 Å². The summed E-state index contributed by atoms with van der Waals surface area (Å²) >= 11 is 0. The van der Waals surface area contributed by atoms with E-state index >= 15 is 0 Å². The van der Waals surface area contributed by atoms with Crippen molar-refractivity contribution in [2.45, 2.75) is 12.5 Å². The molecule has 0 saturated heterocycles. The highest BCUT2D eigenvalue weighted by atomic mass is 16.5. The number of benzene rings is 2. The largest absolute Gasteiger partial charge is 0.493 e. The van der Waals surface area contributed by atoms with Crippen molar-refractivity contribution < 1.29 is 9.47 Å². The van der Waals surface area contributed by atoms with Crippen molar-refractivity contribution in [1.29, 1.82) is 0 Å². The molecule has 0 fully saturated rings. The van der Waals surface area contributed by atoms with E-state index in [1.165, 1.54) is 16.7 Å². The summed E-state index contributed by atoms with van der Waals surface area (Å²) in [7, 11) is 3.36. The van der Waals surface area contributed by atoms with Gasteiger partial charge in [0.05, 0.1) is 20.3 Å². The highest BCUT2D eigenvalue weighted by Gasteiger charge is 2.23. The van der Waals surface area contributed by atoms with Gasteiger partial charge in [-0.1, -0.05) is 30.3 Å². The maximum atomic E-state index is 5.43. The fourth-order valence-electron chi connectivity index (χ4n) is 2.83. The fourth-order valence-corrected chi connectivity index (χ4v) is 2.83. The van der Waals surface area contributed by atoms with E-state index in [9.17, 15) is 0 Å². The van der Waals surface area contributed by atoms with Crippen molar-refractivity contribution in [3.05, 3.63) is 59.2 Å². The molecule has 0 saturated carbocycles. The predicted molar refractivity (Wildman–Crippen MR) is 79.5 cm³/mol. The van der Waals surface area contributed by atoms with Gasteiger partial charge < -0.3 is 14.8 Å². The standard InChI is InChI=1S/C17H19NO2/c1-19-15-10-13-8-9-18-17(12-6-4-3-5-7-12)14(13)11-16(15)20-2/h3-7,10-11,17-18H,8-9H2,1-2H3/t17-/m1/s1. The lowest BCUT2D eigenvalue weighted by atomic mass is 9.89. The van der Waals surface area contributed by atoms with E-state index in [1.807, 2.05) is 6.07 Å². The number of hydrogen-bond acceptors (Lipinski definition) is 3. The summed E-state index contributed by atoms with van der Waals surface area (Å²) in [5.41, 5.74) is 3.89. The summed E-state index contributed by atoms with van der Waals surface area (Å²) in [6.07, 6.45) is 1.01. The van der Waals surface area contributed by atoms with E-state index in [4.69, 9.17) is 9.47 Å². The Morgan fingerprint density at radius 2 is 1.70 bits per heavy atom. The molecule has 3 heteroatoms. The topological polar surface area (TPSA) is 30.5 Å². The van der Waals surface area contributed by atoms with Crippen LogP contribution in [0.25, 0.3) is 0 Å². The molecule has 0 radical (unpaired) electrons. The predicted octanol–water partition coefficient (Wildman–Crippen LogP) is 2.94. The first-order valence-corrected chi connectivity index (χ1v) is 6.86. The second-order valence-electron chi connectivity index (χ2n) is 4.95. The zero-order valence-electron chi connectivity index (χ0n) is 11.8. The smallest absolute Gasteiger partial charge is 0.161 e. The average molecular weight is 269 g/mol. The zero-order chi connectivity index (χ0) is 13.9. The van der Waals surface area contributed by atoms with Crippen LogP contribution in [0.3, 0.4) is 0 Å². The van der Waals surface area contributed by atoms with Gasteiger partial charge in [-0.25, -0.2) is 0 Å². The summed E-state index contributed by atoms with van der Waals surface area (Å²) in [6, 6.07) is 14.9. The van der Waals surface area contributed by atoms with E-state index in [1.54, 1.807) is 14.2 Å². The van der Waals surface area contributed by atoms with Gasteiger partial charge in [0.2, 0.25) is 0 Å². The third-order valence-corrected chi connectivity index (χ3v) is 3.83. The van der Waals surface area contributed by atoms with E-state index in [0.717, 1.165) is 24.5 Å². The molecule has 1 aliphatic rings. The molecule has 0 aromatic heterocycles. The van der Waals surface area contributed by atoms with Crippen LogP contribution in [0.5, 0.6) is 11.5 Å². The summed E-state index contributed by atoms with van der Waals surface area (Å²) in [5, 5.41) is 3.58. The van der Waals surface area contributed by atoms with Crippen LogP contribution in [-0.2, 0) is 6.42 Å². The fraction of sp³-hybridized carbons (Fsp3) is 0.294. The van der Waals surface area contributed by atoms with Crippen molar-refractivity contribution in [3.8, 4) is 11.5 Å². The van der Waals surface area contributed by atoms with Crippen LogP contribution in [-0.4, -0.2) is 20.8 Å². The van der Waals surface area contributed by atoms with Gasteiger partial charge in [0, 0.05) is 6.54 Å². The zero-order valence-corrected chi connectivity index (χ0v) is 11.8. The third kappa shape index (κ3) is 2.25. The normalized spacial score (nSPS) is 17.4. The molecule has 1 aliphatic heterocycles. The Morgan fingerprint density at radius 3 is 2.40 bits per heavy atom. The number of fused-ring (bicyclic) bond motifs is 1. The average Bonchev–Trinajstić information content (AvgIpc) is 2.53. The first-order chi connectivity index (χ1) is 9.83. The minimum absolute atomic E-state index is 0.222. The number of hydrogen-bond donors (Lipinski definition) is 1. The molecule has 2 aromatic carbocycles. The lowest BCUT2D eigenvalue weighted by Crippen LogP contribution is -2.30. The molecule has 0 spiro atoms. The Hall–Kier alpha value is -2.00. The molecule has 1 heterocycles. The minimum atomic E-state index is 0.222. The Kier molecular flexibility index (Phi) is 3.61. The molecule has 0 bridgehead atoms. The minimum Gasteiger partial charge on any atom is -0.493 e. The van der Waals surface area contributed by atoms with Crippen LogP contribution in [0.1, 0.15) is 22.7 Å². The molecule has 20 heavy (non-hydrogen) atoms. The van der Waals surface area contributed by atoms with Crippen molar-refractivity contribution in [1.82, 2.24) is 5.32 Å². The number of ether oxygens (including phenoxy) is 2. The molecule has 3 rings (SSSR count). The molecule has 2 aromatic rings. The Bertz CT molecular complexity index is 595. The summed E-state index contributed by atoms with van der Waals surface area (Å²) in [4.78, 5) is 0. The quantitative estimate of drug-likeness (QED) is 0.929. The number of methoxy groups -OCH3 is 2. The van der Waals surface area contributed by atoms with Gasteiger partial charge >= 0.3 is 0 Å². The van der Waals surface area contributed by atoms with Crippen molar-refractivity contribution >= 4 is 0 Å². The van der Waals surface area contributed by atoms with Crippen molar-refractivity contribution in [3.63, 3.8) is 0 Å². The van der Waals surface area contributed by atoms with E-state index in [-0.39, 0.29) is 6.04 Å². The molecule has 1 N–H and O–H groups in total. The highest BCUT2D eigenvalue weighted by molar-refractivity contribution is 5.51. The first kappa shape index (κ1) is 13.0. The van der Waals surface area contributed by atoms with Gasteiger partial charge in [-0.2, -0.15) is 0 Å². The summed E-state index contributed by atoms with van der Waals surface area (Å²) < 4.78 is 10.8. The molecular formula is C17H19NO2. The van der Waals surface area contributed by atoms with E-state index in [0.29, 0.717) is 0 Å². The molecule has 104 valence electrons. The molecule has 1 atom stereocenters. The highest BCUT2D eigenvalue weighted by Crippen LogP contribution is 2.37. The Balaban J connectivity index is 2.08. The lowest BCUT2D eigenvalue weighted by molar-refractivity contribution is 0.353. The lowest BCUT2D eigenvalue weighted by Gasteiger charge is -2.28. The van der Waals surface area contributed by atoms with E-state index < -0.39 is 0 Å². The van der Waals surface area contributed by atoms with Gasteiger partial charge in [0.15, 0.2) is 11.5 Å². The first-order valence-electron chi connectivity index (χ1n) is 6.86. The van der Waals surface area contributed by atoms with Crippen LogP contribution in [0, 0.1) is 0 Å². The maximum absolute atomic E-state index is 5.43. The number of rotatable bonds is 3. The molecular weight excluding hydrogens is 250 g/mol. The van der Waals surface area contributed by atoms with Gasteiger partial charge in [-0.3, -0.25) is 0 Å². The van der Waals surface area contributed by atoms with E-state index in [2.05, 4.69) is 41.7 Å². The van der Waals surface area contributed by atoms with Crippen molar-refractivity contribution in [2.75, 3.05) is 20.8 Å². The second-order valence-corrected chi connectivity index (χ2v) is 4.95. The molecule has 0 amide bonds. The van der Waals surface area contributed by atoms with Gasteiger partial charge in [-0.15, -0.1) is 0 Å². The number of nitrogens with one attached hydrogen (secondary N) is 1. The Morgan fingerprint density at radius 1 is 1.00 bits per heavy atom. The van der Waals surface area contributed by atoms with Crippen LogP contribution >= 0.6 is 0 Å².